The van der Waals surface area contributed by atoms with Crippen molar-refractivity contribution in [1.82, 2.24) is 0 Å². The Bertz CT molecular complexity index is 2200. The minimum atomic E-state index is -0.613. The van der Waals surface area contributed by atoms with Gasteiger partial charge in [0.25, 0.3) is 11.4 Å². The number of rotatable bonds is 10. The predicted octanol–water partition coefficient (Wildman–Crippen LogP) is 9.58. The van der Waals surface area contributed by atoms with Gasteiger partial charge in [-0.3, -0.25) is 10.4 Å². The monoisotopic (exact) mass is 748 g/mol. The average Bonchev–Trinajstić information content (AvgIpc) is 3.64. The zero-order valence-electron chi connectivity index (χ0n) is 30.2. The molecule has 0 fully saturated rings. The van der Waals surface area contributed by atoms with E-state index in [0.717, 1.165) is 52.6 Å². The van der Waals surface area contributed by atoms with Crippen molar-refractivity contribution in [2.24, 2.45) is 0 Å². The average molecular weight is 749 g/mol. The van der Waals surface area contributed by atoms with Crippen LogP contribution >= 0.6 is 11.3 Å². The van der Waals surface area contributed by atoms with Crippen LogP contribution in [0, 0.1) is 0 Å². The molecule has 0 amide bonds. The summed E-state index contributed by atoms with van der Waals surface area (Å²) >= 11 is 1.39. The molecule has 0 bridgehead atoms. The molecule has 274 valence electrons. The van der Waals surface area contributed by atoms with Crippen LogP contribution in [-0.2, 0) is 10.8 Å². The standard InChI is InChI=1S/C46H38N2O6S/c1-45(33-7-19-39(49)20-8-33,34-9-21-40(50)22-10-34)31-3-15-37(16-4-31)47(53)29-43-27-28-44(55-43)30-48(54)38-17-5-32(6-18-38)46(2,35-11-23-41(51)24-12-35)36-13-25-42(52)26-14-36/h3-30H,1-2H3,(H4-2,49,50,51,52,53,54)/p+2/b47-29-,48-30+. The molecule has 9 heteroatoms. The summed E-state index contributed by atoms with van der Waals surface area (Å²) in [5.41, 5.74) is 5.60. The van der Waals surface area contributed by atoms with E-state index in [2.05, 4.69) is 13.8 Å². The molecule has 7 aromatic rings. The summed E-state index contributed by atoms with van der Waals surface area (Å²) in [4.78, 5) is 1.52. The Balaban J connectivity index is 1.11. The number of thiophene rings is 1. The molecule has 0 unspecified atom stereocenters. The molecular weight excluding hydrogens is 709 g/mol. The smallest absolute Gasteiger partial charge is 0.257 e. The summed E-state index contributed by atoms with van der Waals surface area (Å²) < 4.78 is 2.12. The largest absolute Gasteiger partial charge is 0.508 e. The van der Waals surface area contributed by atoms with Crippen molar-refractivity contribution < 1.29 is 40.3 Å². The number of phenolic OH excluding ortho intramolecular Hbond substituents is 4. The number of phenols is 4. The summed E-state index contributed by atoms with van der Waals surface area (Å²) in [7, 11) is 0. The van der Waals surface area contributed by atoms with Gasteiger partial charge in [-0.1, -0.05) is 72.8 Å². The third kappa shape index (κ3) is 7.38. The summed E-state index contributed by atoms with van der Waals surface area (Å²) in [6, 6.07) is 47.1. The molecule has 0 aliphatic carbocycles. The highest BCUT2D eigenvalue weighted by Crippen LogP contribution is 2.42. The van der Waals surface area contributed by atoms with Crippen molar-refractivity contribution in [3.05, 3.63) is 201 Å². The van der Waals surface area contributed by atoms with Crippen LogP contribution in [0.2, 0.25) is 0 Å². The lowest BCUT2D eigenvalue weighted by Gasteiger charge is -2.32. The van der Waals surface area contributed by atoms with Gasteiger partial charge in [-0.2, -0.15) is 0 Å². The fraction of sp³-hybridized carbons (Fsp3) is 0.0870. The van der Waals surface area contributed by atoms with Crippen molar-refractivity contribution >= 4 is 35.1 Å². The third-order valence-electron chi connectivity index (χ3n) is 10.3. The fourth-order valence-electron chi connectivity index (χ4n) is 6.97. The molecule has 0 aliphatic rings. The molecular formula is C46H40N2O6S+2. The van der Waals surface area contributed by atoms with Gasteiger partial charge in [0.1, 0.15) is 23.0 Å². The topological polar surface area (TPSA) is 127 Å². The maximum Gasteiger partial charge on any atom is 0.257 e. The Morgan fingerprint density at radius 3 is 0.818 bits per heavy atom. The minimum Gasteiger partial charge on any atom is -0.508 e. The first-order chi connectivity index (χ1) is 26.4. The predicted molar refractivity (Wildman–Crippen MR) is 214 cm³/mol. The van der Waals surface area contributed by atoms with E-state index in [0.29, 0.717) is 11.4 Å². The van der Waals surface area contributed by atoms with Crippen LogP contribution in [0.25, 0.3) is 0 Å². The van der Waals surface area contributed by atoms with Gasteiger partial charge < -0.3 is 20.4 Å². The first-order valence-corrected chi connectivity index (χ1v) is 18.4. The molecule has 6 N–H and O–H groups in total. The maximum atomic E-state index is 11.0. The van der Waals surface area contributed by atoms with Crippen LogP contribution in [0.3, 0.4) is 0 Å². The number of nitrogens with zero attached hydrogens (tertiary/aromatic N) is 2. The van der Waals surface area contributed by atoms with Gasteiger partial charge in [0.15, 0.2) is 0 Å². The highest BCUT2D eigenvalue weighted by atomic mass is 32.1. The van der Waals surface area contributed by atoms with E-state index in [4.69, 9.17) is 0 Å². The van der Waals surface area contributed by atoms with Gasteiger partial charge in [0.05, 0.1) is 9.75 Å². The van der Waals surface area contributed by atoms with Crippen molar-refractivity contribution in [2.45, 2.75) is 24.7 Å². The molecule has 0 atom stereocenters. The lowest BCUT2D eigenvalue weighted by atomic mass is 9.71. The molecule has 1 heterocycles. The summed E-state index contributed by atoms with van der Waals surface area (Å²) in [6.45, 7) is 4.16. The summed E-state index contributed by atoms with van der Waals surface area (Å²) in [5.74, 6) is 0.692. The number of aromatic hydroxyl groups is 4. The lowest BCUT2D eigenvalue weighted by molar-refractivity contribution is -0.709. The van der Waals surface area contributed by atoms with Gasteiger partial charge >= 0.3 is 0 Å². The van der Waals surface area contributed by atoms with Crippen LogP contribution in [0.4, 0.5) is 11.4 Å². The molecule has 0 saturated heterocycles. The van der Waals surface area contributed by atoms with Crippen LogP contribution in [-0.4, -0.2) is 52.7 Å². The van der Waals surface area contributed by atoms with E-state index in [1.807, 2.05) is 109 Å². The highest BCUT2D eigenvalue weighted by molar-refractivity contribution is 7.15. The quantitative estimate of drug-likeness (QED) is 0.0272. The van der Waals surface area contributed by atoms with Gasteiger partial charge in [-0.15, -0.1) is 11.3 Å². The molecule has 0 aliphatic heterocycles. The molecule has 8 nitrogen and oxygen atoms in total. The Morgan fingerprint density at radius 1 is 0.364 bits per heavy atom. The van der Waals surface area contributed by atoms with Crippen molar-refractivity contribution in [1.29, 1.82) is 0 Å². The van der Waals surface area contributed by atoms with Crippen molar-refractivity contribution in [3.8, 4) is 23.0 Å². The molecule has 0 saturated carbocycles. The van der Waals surface area contributed by atoms with Gasteiger partial charge in [0, 0.05) is 44.6 Å². The van der Waals surface area contributed by atoms with E-state index < -0.39 is 10.8 Å². The lowest BCUT2D eigenvalue weighted by Crippen LogP contribution is -2.25. The molecule has 0 spiro atoms. The van der Waals surface area contributed by atoms with Crippen molar-refractivity contribution in [2.75, 3.05) is 0 Å². The zero-order valence-corrected chi connectivity index (χ0v) is 31.0. The highest BCUT2D eigenvalue weighted by Gasteiger charge is 2.33. The molecule has 55 heavy (non-hydrogen) atoms. The zero-order chi connectivity index (χ0) is 38.7. The van der Waals surface area contributed by atoms with Crippen molar-refractivity contribution in [3.63, 3.8) is 0 Å². The normalized spacial score (nSPS) is 12.5. The second-order valence-electron chi connectivity index (χ2n) is 13.7. The van der Waals surface area contributed by atoms with Crippen LogP contribution in [0.5, 0.6) is 23.0 Å². The summed E-state index contributed by atoms with van der Waals surface area (Å²) in [6.07, 6.45) is 3.22. The Morgan fingerprint density at radius 2 is 0.582 bits per heavy atom. The van der Waals surface area contributed by atoms with Crippen LogP contribution in [0.15, 0.2) is 158 Å². The molecule has 0 radical (unpaired) electrons. The van der Waals surface area contributed by atoms with E-state index in [9.17, 15) is 30.8 Å². The van der Waals surface area contributed by atoms with E-state index in [1.54, 1.807) is 61.0 Å². The number of hydrogen-bond acceptors (Lipinski definition) is 7. The second kappa shape index (κ2) is 14.9. The summed E-state index contributed by atoms with van der Waals surface area (Å²) in [5, 5.41) is 61.8. The second-order valence-corrected chi connectivity index (χ2v) is 14.9. The first kappa shape index (κ1) is 36.5. The Hall–Kier alpha value is -6.84. The third-order valence-corrected chi connectivity index (χ3v) is 11.3. The van der Waals surface area contributed by atoms with Crippen LogP contribution in [0.1, 0.15) is 57.0 Å². The van der Waals surface area contributed by atoms with E-state index >= 15 is 0 Å². The molecule has 1 aromatic heterocycles. The minimum absolute atomic E-state index is 0.173. The Labute approximate surface area is 322 Å². The Kier molecular flexibility index (Phi) is 9.88. The molecule has 6 aromatic carbocycles. The van der Waals surface area contributed by atoms with Gasteiger partial charge in [-0.05, 0) is 108 Å². The fourth-order valence-corrected chi connectivity index (χ4v) is 7.82. The van der Waals surface area contributed by atoms with Gasteiger partial charge in [0.2, 0.25) is 12.4 Å². The SMILES string of the molecule is CC(c1ccc(O)cc1)(c1ccc(O)cc1)c1ccc(/[N+](O)=C/c2ccc(/C=[N+](/O)c3ccc(C(C)(c4ccc(O)cc4)c4ccc(O)cc4)cc3)s2)cc1. The number of hydrogen-bond donors (Lipinski definition) is 6. The first-order valence-electron chi connectivity index (χ1n) is 17.6. The number of benzene rings is 6. The van der Waals surface area contributed by atoms with Crippen LogP contribution < -0.4 is 0 Å². The van der Waals surface area contributed by atoms with E-state index in [-0.39, 0.29) is 23.0 Å². The van der Waals surface area contributed by atoms with E-state index in [1.165, 1.54) is 11.3 Å². The maximum absolute atomic E-state index is 11.0. The molecule has 7 rings (SSSR count). The van der Waals surface area contributed by atoms with Gasteiger partial charge in [-0.25, -0.2) is 0 Å².